The molecule has 0 spiro atoms. The largest absolute Gasteiger partial charge is 0.616 e. The summed E-state index contributed by atoms with van der Waals surface area (Å²) < 4.78 is 6.29. The SMILES string of the molecule is Cc1sc2ncnc(Oc3cccc[n+]3[O-])c2c1C. The highest BCUT2D eigenvalue weighted by Crippen LogP contribution is 2.34. The van der Waals surface area contributed by atoms with Crippen LogP contribution in [0.1, 0.15) is 10.4 Å². The zero-order valence-corrected chi connectivity index (χ0v) is 11.3. The first kappa shape index (κ1) is 11.9. The number of hydrogen-bond donors (Lipinski definition) is 0. The summed E-state index contributed by atoms with van der Waals surface area (Å²) in [7, 11) is 0. The van der Waals surface area contributed by atoms with Gasteiger partial charge in [-0.25, -0.2) is 9.97 Å². The van der Waals surface area contributed by atoms with Crippen molar-refractivity contribution in [1.29, 1.82) is 0 Å². The molecule has 3 heterocycles. The Balaban J connectivity index is 2.13. The van der Waals surface area contributed by atoms with Crippen LogP contribution in [-0.4, -0.2) is 9.97 Å². The minimum atomic E-state index is 0.200. The fraction of sp³-hybridized carbons (Fsp3) is 0.154. The molecule has 0 bridgehead atoms. The van der Waals surface area contributed by atoms with E-state index in [2.05, 4.69) is 9.97 Å². The lowest BCUT2D eigenvalue weighted by Crippen LogP contribution is -2.26. The molecule has 0 saturated carbocycles. The summed E-state index contributed by atoms with van der Waals surface area (Å²) in [5.41, 5.74) is 1.09. The summed E-state index contributed by atoms with van der Waals surface area (Å²) in [5, 5.41) is 12.5. The van der Waals surface area contributed by atoms with Crippen LogP contribution in [0, 0.1) is 19.1 Å². The molecule has 0 saturated heterocycles. The van der Waals surface area contributed by atoms with Crippen molar-refractivity contribution in [2.45, 2.75) is 13.8 Å². The van der Waals surface area contributed by atoms with Crippen molar-refractivity contribution in [3.63, 3.8) is 0 Å². The van der Waals surface area contributed by atoms with Gasteiger partial charge in [-0.2, -0.15) is 0 Å². The predicted octanol–water partition coefficient (Wildman–Crippen LogP) is 2.73. The van der Waals surface area contributed by atoms with Gasteiger partial charge in [-0.15, -0.1) is 16.1 Å². The molecule has 0 unspecified atom stereocenters. The summed E-state index contributed by atoms with van der Waals surface area (Å²) in [5.74, 6) is 0.619. The second-order valence-electron chi connectivity index (χ2n) is 4.11. The third kappa shape index (κ3) is 2.00. The number of fused-ring (bicyclic) bond motifs is 1. The fourth-order valence-corrected chi connectivity index (χ4v) is 2.81. The highest BCUT2D eigenvalue weighted by atomic mass is 32.1. The van der Waals surface area contributed by atoms with Crippen LogP contribution in [0.2, 0.25) is 0 Å². The van der Waals surface area contributed by atoms with E-state index >= 15 is 0 Å². The van der Waals surface area contributed by atoms with Crippen LogP contribution in [0.5, 0.6) is 11.8 Å². The van der Waals surface area contributed by atoms with Gasteiger partial charge in [0.1, 0.15) is 11.2 Å². The lowest BCUT2D eigenvalue weighted by molar-refractivity contribution is -0.611. The van der Waals surface area contributed by atoms with Gasteiger partial charge in [-0.3, -0.25) is 0 Å². The van der Waals surface area contributed by atoms with Gasteiger partial charge in [0.05, 0.1) is 11.5 Å². The van der Waals surface area contributed by atoms with Crippen molar-refractivity contribution in [3.8, 4) is 11.8 Å². The first-order valence-electron chi connectivity index (χ1n) is 5.73. The van der Waals surface area contributed by atoms with Gasteiger partial charge in [0.2, 0.25) is 5.88 Å². The molecule has 0 aromatic carbocycles. The normalized spacial score (nSPS) is 10.8. The van der Waals surface area contributed by atoms with Crippen LogP contribution in [0.15, 0.2) is 30.7 Å². The average Bonchev–Trinajstić information content (AvgIpc) is 2.69. The maximum Gasteiger partial charge on any atom is 0.386 e. The molecule has 0 aliphatic heterocycles. The zero-order chi connectivity index (χ0) is 13.4. The minimum Gasteiger partial charge on any atom is -0.616 e. The van der Waals surface area contributed by atoms with Crippen molar-refractivity contribution in [2.75, 3.05) is 0 Å². The van der Waals surface area contributed by atoms with Gasteiger partial charge in [0.25, 0.3) is 0 Å². The molecule has 0 N–H and O–H groups in total. The summed E-state index contributed by atoms with van der Waals surface area (Å²) in [6.45, 7) is 4.03. The first-order chi connectivity index (χ1) is 9.16. The average molecular weight is 273 g/mol. The molecule has 0 aliphatic rings. The molecule has 0 atom stereocenters. The third-order valence-corrected chi connectivity index (χ3v) is 4.04. The van der Waals surface area contributed by atoms with Crippen LogP contribution in [-0.2, 0) is 0 Å². The van der Waals surface area contributed by atoms with Crippen molar-refractivity contribution in [2.24, 2.45) is 0 Å². The number of rotatable bonds is 2. The Labute approximate surface area is 113 Å². The van der Waals surface area contributed by atoms with Gasteiger partial charge in [-0.05, 0) is 25.5 Å². The quantitative estimate of drug-likeness (QED) is 0.532. The highest BCUT2D eigenvalue weighted by molar-refractivity contribution is 7.18. The summed E-state index contributed by atoms with van der Waals surface area (Å²) >= 11 is 1.59. The lowest BCUT2D eigenvalue weighted by Gasteiger charge is -2.05. The summed E-state index contributed by atoms with van der Waals surface area (Å²) in [6, 6.07) is 5.00. The number of thiophene rings is 1. The van der Waals surface area contributed by atoms with E-state index in [-0.39, 0.29) is 5.88 Å². The molecular formula is C13H11N3O2S. The molecule has 0 fully saturated rings. The molecule has 0 aliphatic carbocycles. The van der Waals surface area contributed by atoms with Crippen molar-refractivity contribution in [3.05, 3.63) is 46.4 Å². The van der Waals surface area contributed by atoms with Crippen molar-refractivity contribution in [1.82, 2.24) is 9.97 Å². The van der Waals surface area contributed by atoms with Crippen LogP contribution in [0.4, 0.5) is 0 Å². The van der Waals surface area contributed by atoms with Gasteiger partial charge in [-0.1, -0.05) is 0 Å². The molecular weight excluding hydrogens is 262 g/mol. The second kappa shape index (κ2) is 4.47. The number of aryl methyl sites for hydroxylation is 2. The standard InChI is InChI=1S/C13H11N3O2S/c1-8-9(2)19-13-11(8)12(14-7-15-13)18-10-5-3-4-6-16(10)17/h3-7H,1-2H3. The fourth-order valence-electron chi connectivity index (χ4n) is 1.82. The molecule has 19 heavy (non-hydrogen) atoms. The lowest BCUT2D eigenvalue weighted by atomic mass is 10.2. The zero-order valence-electron chi connectivity index (χ0n) is 10.5. The number of hydrogen-bond acceptors (Lipinski definition) is 5. The molecule has 6 heteroatoms. The number of ether oxygens (including phenoxy) is 1. The Bertz CT molecular complexity index is 755. The van der Waals surface area contributed by atoms with Gasteiger partial charge < -0.3 is 9.94 Å². The van der Waals surface area contributed by atoms with Crippen LogP contribution in [0.25, 0.3) is 10.2 Å². The molecule has 3 rings (SSSR count). The number of pyridine rings is 1. The Morgan fingerprint density at radius 2 is 2.11 bits per heavy atom. The predicted molar refractivity (Wildman–Crippen MR) is 72.4 cm³/mol. The van der Waals surface area contributed by atoms with E-state index in [1.54, 1.807) is 29.5 Å². The van der Waals surface area contributed by atoms with Gasteiger partial charge in [0.15, 0.2) is 6.20 Å². The Morgan fingerprint density at radius 3 is 2.89 bits per heavy atom. The topological polar surface area (TPSA) is 62.0 Å². The molecule has 3 aromatic heterocycles. The summed E-state index contributed by atoms with van der Waals surface area (Å²) in [4.78, 5) is 10.4. The van der Waals surface area contributed by atoms with E-state index in [1.807, 2.05) is 13.8 Å². The van der Waals surface area contributed by atoms with E-state index in [9.17, 15) is 5.21 Å². The Morgan fingerprint density at radius 1 is 1.26 bits per heavy atom. The second-order valence-corrected chi connectivity index (χ2v) is 5.31. The van der Waals surface area contributed by atoms with E-state index in [1.165, 1.54) is 17.4 Å². The molecule has 0 radical (unpaired) electrons. The Kier molecular flexibility index (Phi) is 2.79. The van der Waals surface area contributed by atoms with Crippen molar-refractivity contribution < 1.29 is 9.47 Å². The molecule has 96 valence electrons. The third-order valence-electron chi connectivity index (χ3n) is 2.92. The van der Waals surface area contributed by atoms with Gasteiger partial charge >= 0.3 is 5.88 Å². The monoisotopic (exact) mass is 273 g/mol. The smallest absolute Gasteiger partial charge is 0.386 e. The van der Waals surface area contributed by atoms with Crippen molar-refractivity contribution >= 4 is 21.6 Å². The van der Waals surface area contributed by atoms with E-state index in [4.69, 9.17) is 4.74 Å². The van der Waals surface area contributed by atoms with E-state index in [0.717, 1.165) is 15.8 Å². The van der Waals surface area contributed by atoms with Crippen LogP contribution in [0.3, 0.4) is 0 Å². The minimum absolute atomic E-state index is 0.200. The first-order valence-corrected chi connectivity index (χ1v) is 6.55. The van der Waals surface area contributed by atoms with Crippen LogP contribution < -0.4 is 9.47 Å². The molecule has 3 aromatic rings. The molecule has 5 nitrogen and oxygen atoms in total. The maximum absolute atomic E-state index is 11.6. The Hall–Kier alpha value is -2.21. The maximum atomic E-state index is 11.6. The highest BCUT2D eigenvalue weighted by Gasteiger charge is 2.16. The summed E-state index contributed by atoms with van der Waals surface area (Å²) in [6.07, 6.45) is 2.84. The van der Waals surface area contributed by atoms with E-state index < -0.39 is 0 Å². The number of nitrogens with zero attached hydrogens (tertiary/aromatic N) is 3. The van der Waals surface area contributed by atoms with Crippen LogP contribution >= 0.6 is 11.3 Å². The van der Waals surface area contributed by atoms with E-state index in [0.29, 0.717) is 10.6 Å². The van der Waals surface area contributed by atoms with Gasteiger partial charge in [0, 0.05) is 10.9 Å². The molecule has 0 amide bonds. The number of aromatic nitrogens is 3.